The van der Waals surface area contributed by atoms with E-state index in [2.05, 4.69) is 15.3 Å². The Bertz CT molecular complexity index is 600. The molecule has 0 unspecified atom stereocenters. The van der Waals surface area contributed by atoms with Crippen LogP contribution in [0.3, 0.4) is 0 Å². The third-order valence-electron chi connectivity index (χ3n) is 2.97. The van der Waals surface area contributed by atoms with Crippen molar-refractivity contribution in [2.45, 2.75) is 13.3 Å². The van der Waals surface area contributed by atoms with Gasteiger partial charge in [0.25, 0.3) is 0 Å². The highest BCUT2D eigenvalue weighted by Gasteiger charge is 2.05. The molecule has 1 heterocycles. The van der Waals surface area contributed by atoms with Crippen LogP contribution in [0.4, 0.5) is 5.82 Å². The zero-order chi connectivity index (χ0) is 15.2. The number of hydrogen-bond acceptors (Lipinski definition) is 5. The van der Waals surface area contributed by atoms with Gasteiger partial charge in [0, 0.05) is 12.6 Å². The lowest BCUT2D eigenvalue weighted by Gasteiger charge is -2.10. The third-order valence-corrected chi connectivity index (χ3v) is 3.17. The Kier molecular flexibility index (Phi) is 5.22. The fourth-order valence-electron chi connectivity index (χ4n) is 1.99. The van der Waals surface area contributed by atoms with Crippen molar-refractivity contribution in [2.24, 2.45) is 0 Å². The minimum absolute atomic E-state index is 0.441. The van der Waals surface area contributed by atoms with E-state index in [9.17, 15) is 0 Å². The first kappa shape index (κ1) is 15.4. The van der Waals surface area contributed by atoms with Gasteiger partial charge in [-0.05, 0) is 31.0 Å². The first-order valence-electron chi connectivity index (χ1n) is 6.58. The Morgan fingerprint density at radius 2 is 1.86 bits per heavy atom. The molecule has 2 aromatic rings. The molecule has 1 aromatic heterocycles. The van der Waals surface area contributed by atoms with Crippen molar-refractivity contribution < 1.29 is 9.47 Å². The minimum atomic E-state index is 0.441. The van der Waals surface area contributed by atoms with E-state index in [1.54, 1.807) is 20.3 Å². The standard InChI is InChI=1S/C15H18ClN3O2/c1-10-18-14(16)9-15(19-10)17-7-6-11-4-5-12(20-2)13(8-11)21-3/h4-5,8-9H,6-7H2,1-3H3,(H,17,18,19). The molecule has 0 fully saturated rings. The molecule has 0 aliphatic rings. The number of nitrogens with one attached hydrogen (secondary N) is 1. The quantitative estimate of drug-likeness (QED) is 0.831. The van der Waals surface area contributed by atoms with Gasteiger partial charge < -0.3 is 14.8 Å². The van der Waals surface area contributed by atoms with Gasteiger partial charge in [-0.3, -0.25) is 0 Å². The van der Waals surface area contributed by atoms with E-state index in [1.807, 2.05) is 25.1 Å². The molecule has 1 N–H and O–H groups in total. The number of aromatic nitrogens is 2. The lowest BCUT2D eigenvalue weighted by Crippen LogP contribution is -2.07. The first-order valence-corrected chi connectivity index (χ1v) is 6.96. The summed E-state index contributed by atoms with van der Waals surface area (Å²) < 4.78 is 10.5. The number of hydrogen-bond donors (Lipinski definition) is 1. The SMILES string of the molecule is COc1ccc(CCNc2cc(Cl)nc(C)n2)cc1OC. The Hall–Kier alpha value is -2.01. The number of rotatable bonds is 6. The van der Waals surface area contributed by atoms with Crippen LogP contribution >= 0.6 is 11.6 Å². The topological polar surface area (TPSA) is 56.3 Å². The molecule has 0 saturated heterocycles. The van der Waals surface area contributed by atoms with Crippen molar-refractivity contribution in [3.8, 4) is 11.5 Å². The maximum atomic E-state index is 5.90. The van der Waals surface area contributed by atoms with E-state index in [1.165, 1.54) is 0 Å². The van der Waals surface area contributed by atoms with Crippen molar-refractivity contribution in [3.05, 3.63) is 40.8 Å². The van der Waals surface area contributed by atoms with Crippen LogP contribution in [0.1, 0.15) is 11.4 Å². The monoisotopic (exact) mass is 307 g/mol. The summed E-state index contributed by atoms with van der Waals surface area (Å²) in [4.78, 5) is 8.30. The predicted molar refractivity (Wildman–Crippen MR) is 83.5 cm³/mol. The summed E-state index contributed by atoms with van der Waals surface area (Å²) in [5, 5.41) is 3.67. The Morgan fingerprint density at radius 3 is 2.52 bits per heavy atom. The normalized spacial score (nSPS) is 10.3. The van der Waals surface area contributed by atoms with Gasteiger partial charge in [-0.1, -0.05) is 17.7 Å². The maximum absolute atomic E-state index is 5.90. The van der Waals surface area contributed by atoms with Gasteiger partial charge >= 0.3 is 0 Å². The van der Waals surface area contributed by atoms with E-state index in [0.29, 0.717) is 11.0 Å². The molecule has 0 saturated carbocycles. The molecular formula is C15H18ClN3O2. The molecule has 6 heteroatoms. The van der Waals surface area contributed by atoms with E-state index >= 15 is 0 Å². The second-order valence-electron chi connectivity index (χ2n) is 4.49. The molecule has 0 aliphatic heterocycles. The fraction of sp³-hybridized carbons (Fsp3) is 0.333. The highest BCUT2D eigenvalue weighted by Crippen LogP contribution is 2.27. The van der Waals surface area contributed by atoms with Crippen LogP contribution < -0.4 is 14.8 Å². The summed E-state index contributed by atoms with van der Waals surface area (Å²) in [6, 6.07) is 7.60. The summed E-state index contributed by atoms with van der Waals surface area (Å²) in [5.41, 5.74) is 1.15. The average Bonchev–Trinajstić information content (AvgIpc) is 2.46. The van der Waals surface area contributed by atoms with Crippen LogP contribution in [-0.2, 0) is 6.42 Å². The smallest absolute Gasteiger partial charge is 0.160 e. The molecule has 21 heavy (non-hydrogen) atoms. The van der Waals surface area contributed by atoms with Gasteiger partial charge in [-0.25, -0.2) is 9.97 Å². The zero-order valence-electron chi connectivity index (χ0n) is 12.3. The van der Waals surface area contributed by atoms with E-state index < -0.39 is 0 Å². The second kappa shape index (κ2) is 7.13. The van der Waals surface area contributed by atoms with Crippen LogP contribution in [0.5, 0.6) is 11.5 Å². The molecule has 0 amide bonds. The first-order chi connectivity index (χ1) is 10.1. The summed E-state index contributed by atoms with van der Waals surface area (Å²) in [7, 11) is 3.26. The van der Waals surface area contributed by atoms with Crippen molar-refractivity contribution >= 4 is 17.4 Å². The third kappa shape index (κ3) is 4.23. The van der Waals surface area contributed by atoms with E-state index in [0.717, 1.165) is 35.8 Å². The Labute approximate surface area is 129 Å². The van der Waals surface area contributed by atoms with Gasteiger partial charge in [-0.15, -0.1) is 0 Å². The van der Waals surface area contributed by atoms with Crippen molar-refractivity contribution in [3.63, 3.8) is 0 Å². The van der Waals surface area contributed by atoms with Crippen LogP contribution in [0.15, 0.2) is 24.3 Å². The van der Waals surface area contributed by atoms with Crippen molar-refractivity contribution in [2.75, 3.05) is 26.1 Å². The molecule has 0 spiro atoms. The number of methoxy groups -OCH3 is 2. The summed E-state index contributed by atoms with van der Waals surface area (Å²) >= 11 is 5.90. The highest BCUT2D eigenvalue weighted by atomic mass is 35.5. The van der Waals surface area contributed by atoms with Crippen LogP contribution in [0.2, 0.25) is 5.15 Å². The number of ether oxygens (including phenoxy) is 2. The molecule has 2 rings (SSSR count). The minimum Gasteiger partial charge on any atom is -0.493 e. The molecule has 5 nitrogen and oxygen atoms in total. The molecule has 0 aliphatic carbocycles. The van der Waals surface area contributed by atoms with Gasteiger partial charge in [-0.2, -0.15) is 0 Å². The zero-order valence-corrected chi connectivity index (χ0v) is 13.1. The lowest BCUT2D eigenvalue weighted by atomic mass is 10.1. The second-order valence-corrected chi connectivity index (χ2v) is 4.88. The number of nitrogens with zero attached hydrogens (tertiary/aromatic N) is 2. The molecule has 1 aromatic carbocycles. The summed E-state index contributed by atoms with van der Waals surface area (Å²) in [6.07, 6.45) is 0.834. The Balaban J connectivity index is 1.97. The van der Waals surface area contributed by atoms with Crippen LogP contribution in [0.25, 0.3) is 0 Å². The predicted octanol–water partition coefficient (Wildman–Crippen LogP) is 3.11. The molecule has 0 radical (unpaired) electrons. The highest BCUT2D eigenvalue weighted by molar-refractivity contribution is 6.29. The number of benzene rings is 1. The van der Waals surface area contributed by atoms with Crippen LogP contribution in [0, 0.1) is 6.92 Å². The van der Waals surface area contributed by atoms with Crippen molar-refractivity contribution in [1.82, 2.24) is 9.97 Å². The molecule has 0 atom stereocenters. The van der Waals surface area contributed by atoms with Crippen LogP contribution in [-0.4, -0.2) is 30.7 Å². The largest absolute Gasteiger partial charge is 0.493 e. The number of anilines is 1. The van der Waals surface area contributed by atoms with Crippen molar-refractivity contribution in [1.29, 1.82) is 0 Å². The summed E-state index contributed by atoms with van der Waals surface area (Å²) in [6.45, 7) is 2.55. The lowest BCUT2D eigenvalue weighted by molar-refractivity contribution is 0.354. The Morgan fingerprint density at radius 1 is 1.10 bits per heavy atom. The van der Waals surface area contributed by atoms with E-state index in [4.69, 9.17) is 21.1 Å². The average molecular weight is 308 g/mol. The molecular weight excluding hydrogens is 290 g/mol. The van der Waals surface area contributed by atoms with E-state index in [-0.39, 0.29) is 0 Å². The van der Waals surface area contributed by atoms with Gasteiger partial charge in [0.05, 0.1) is 14.2 Å². The number of halogens is 1. The van der Waals surface area contributed by atoms with Gasteiger partial charge in [0.2, 0.25) is 0 Å². The maximum Gasteiger partial charge on any atom is 0.160 e. The molecule has 0 bridgehead atoms. The molecule has 112 valence electrons. The van der Waals surface area contributed by atoms with Gasteiger partial charge in [0.15, 0.2) is 11.5 Å². The van der Waals surface area contributed by atoms with Gasteiger partial charge in [0.1, 0.15) is 16.8 Å². The summed E-state index contributed by atoms with van der Waals surface area (Å²) in [5.74, 6) is 2.84. The fourth-order valence-corrected chi connectivity index (χ4v) is 2.22. The number of aryl methyl sites for hydroxylation is 1.